The van der Waals surface area contributed by atoms with Gasteiger partial charge in [-0.2, -0.15) is 0 Å². The second-order valence-electron chi connectivity index (χ2n) is 8.05. The summed E-state index contributed by atoms with van der Waals surface area (Å²) in [7, 11) is -3.14. The van der Waals surface area contributed by atoms with Crippen LogP contribution in [0.15, 0.2) is 77.3 Å². The number of rotatable bonds is 5. The van der Waals surface area contributed by atoms with Crippen molar-refractivity contribution >= 4 is 44.8 Å². The summed E-state index contributed by atoms with van der Waals surface area (Å²) in [5.74, 6) is -1.49. The molecule has 0 aliphatic carbocycles. The van der Waals surface area contributed by atoms with E-state index in [2.05, 4.69) is 5.32 Å². The molecule has 4 rings (SSSR count). The molecule has 1 heterocycles. The highest BCUT2D eigenvalue weighted by Gasteiger charge is 2.42. The molecule has 9 heteroatoms. The standard InChI is InChI=1S/C26H23ClN2O5S/c1-16-8-7-9-17(2)24(16)28-22(30)15-29-25(26(31)34-3)23(18-10-5-4-6-11-18)20-14-19(27)12-13-21(20)35(29,32)33/h4-14H,15H2,1-3H3,(H,28,30). The van der Waals surface area contributed by atoms with E-state index >= 15 is 0 Å². The Balaban J connectivity index is 1.91. The second-order valence-corrected chi connectivity index (χ2v) is 10.3. The van der Waals surface area contributed by atoms with Crippen LogP contribution in [-0.4, -0.2) is 38.3 Å². The fourth-order valence-corrected chi connectivity index (χ4v) is 5.88. The first-order valence-electron chi connectivity index (χ1n) is 10.7. The second kappa shape index (κ2) is 9.56. The van der Waals surface area contributed by atoms with Gasteiger partial charge in [-0.15, -0.1) is 0 Å². The normalized spacial score (nSPS) is 14.3. The maximum absolute atomic E-state index is 13.7. The lowest BCUT2D eigenvalue weighted by Gasteiger charge is -2.33. The fraction of sp³-hybridized carbons (Fsp3) is 0.154. The van der Waals surface area contributed by atoms with Gasteiger partial charge in [0, 0.05) is 21.8 Å². The molecule has 35 heavy (non-hydrogen) atoms. The van der Waals surface area contributed by atoms with Gasteiger partial charge in [0.2, 0.25) is 5.91 Å². The molecule has 0 atom stereocenters. The van der Waals surface area contributed by atoms with Crippen LogP contribution in [0.1, 0.15) is 22.3 Å². The minimum atomic E-state index is -4.30. The molecule has 0 unspecified atom stereocenters. The number of nitrogens with zero attached hydrogens (tertiary/aromatic N) is 1. The smallest absolute Gasteiger partial charge is 0.356 e. The Bertz CT molecular complexity index is 1450. The minimum absolute atomic E-state index is 0.0618. The van der Waals surface area contributed by atoms with E-state index in [0.29, 0.717) is 21.8 Å². The SMILES string of the molecule is COC(=O)C1=C(c2ccccc2)c2cc(Cl)ccc2S(=O)(=O)N1CC(=O)Nc1c(C)cccc1C. The summed E-state index contributed by atoms with van der Waals surface area (Å²) in [5, 5.41) is 3.09. The predicted molar refractivity (Wildman–Crippen MR) is 134 cm³/mol. The van der Waals surface area contributed by atoms with Gasteiger partial charge in [0.25, 0.3) is 10.0 Å². The summed E-state index contributed by atoms with van der Waals surface area (Å²) in [4.78, 5) is 26.1. The van der Waals surface area contributed by atoms with Crippen molar-refractivity contribution in [2.24, 2.45) is 0 Å². The van der Waals surface area contributed by atoms with E-state index in [0.717, 1.165) is 22.5 Å². The van der Waals surface area contributed by atoms with Gasteiger partial charge in [-0.1, -0.05) is 60.1 Å². The van der Waals surface area contributed by atoms with E-state index in [1.807, 2.05) is 32.0 Å². The van der Waals surface area contributed by atoms with Gasteiger partial charge >= 0.3 is 5.97 Å². The molecule has 0 radical (unpaired) electrons. The maximum Gasteiger partial charge on any atom is 0.356 e. The number of hydrogen-bond donors (Lipinski definition) is 1. The summed E-state index contributed by atoms with van der Waals surface area (Å²) in [6.07, 6.45) is 0. The van der Waals surface area contributed by atoms with Gasteiger partial charge in [0.05, 0.1) is 12.0 Å². The van der Waals surface area contributed by atoms with Crippen LogP contribution in [0, 0.1) is 13.8 Å². The average Bonchev–Trinajstić information content (AvgIpc) is 2.83. The van der Waals surface area contributed by atoms with Crippen LogP contribution in [0.25, 0.3) is 5.57 Å². The first-order valence-corrected chi connectivity index (χ1v) is 12.5. The molecule has 0 aromatic heterocycles. The van der Waals surface area contributed by atoms with Gasteiger partial charge in [-0.05, 0) is 48.7 Å². The zero-order valence-corrected chi connectivity index (χ0v) is 20.9. The lowest BCUT2D eigenvalue weighted by molar-refractivity contribution is -0.137. The van der Waals surface area contributed by atoms with E-state index in [-0.39, 0.29) is 16.2 Å². The topological polar surface area (TPSA) is 92.8 Å². The highest BCUT2D eigenvalue weighted by Crippen LogP contribution is 2.41. The van der Waals surface area contributed by atoms with Crippen LogP contribution in [-0.2, 0) is 24.3 Å². The van der Waals surface area contributed by atoms with E-state index in [1.54, 1.807) is 30.3 Å². The van der Waals surface area contributed by atoms with E-state index < -0.39 is 28.4 Å². The van der Waals surface area contributed by atoms with Gasteiger partial charge < -0.3 is 10.1 Å². The molecule has 0 fully saturated rings. The molecular weight excluding hydrogens is 488 g/mol. The third-order valence-corrected chi connectivity index (χ3v) is 7.78. The van der Waals surface area contributed by atoms with E-state index in [4.69, 9.17) is 16.3 Å². The fourth-order valence-electron chi connectivity index (χ4n) is 4.10. The molecule has 1 aliphatic heterocycles. The number of para-hydroxylation sites is 1. The van der Waals surface area contributed by atoms with Gasteiger partial charge in [0.15, 0.2) is 0 Å². The molecule has 3 aromatic carbocycles. The summed E-state index contributed by atoms with van der Waals surface area (Å²) in [6, 6.07) is 18.7. The Kier molecular flexibility index (Phi) is 6.69. The van der Waals surface area contributed by atoms with E-state index in [9.17, 15) is 18.0 Å². The Morgan fingerprint density at radius 1 is 0.971 bits per heavy atom. The van der Waals surface area contributed by atoms with Gasteiger partial charge in [0.1, 0.15) is 12.2 Å². The largest absolute Gasteiger partial charge is 0.464 e. The molecule has 0 spiro atoms. The number of amides is 1. The van der Waals surface area contributed by atoms with Crippen LogP contribution in [0.5, 0.6) is 0 Å². The molecule has 0 saturated carbocycles. The number of carbonyl (C=O) groups excluding carboxylic acids is 2. The predicted octanol–water partition coefficient (Wildman–Crippen LogP) is 4.53. The van der Waals surface area contributed by atoms with E-state index in [1.165, 1.54) is 18.2 Å². The summed E-state index contributed by atoms with van der Waals surface area (Å²) < 4.78 is 33.2. The third-order valence-electron chi connectivity index (χ3n) is 5.74. The Labute approximate surface area is 209 Å². The van der Waals surface area contributed by atoms with Crippen LogP contribution in [0.2, 0.25) is 5.02 Å². The molecule has 0 bridgehead atoms. The van der Waals surface area contributed by atoms with Crippen molar-refractivity contribution in [3.8, 4) is 0 Å². The van der Waals surface area contributed by atoms with Crippen LogP contribution < -0.4 is 5.32 Å². The molecule has 0 saturated heterocycles. The number of sulfonamides is 1. The number of halogens is 1. The number of aryl methyl sites for hydroxylation is 2. The summed E-state index contributed by atoms with van der Waals surface area (Å²) in [5.41, 5.74) is 3.13. The number of hydrogen-bond acceptors (Lipinski definition) is 5. The number of esters is 1. The monoisotopic (exact) mass is 510 g/mol. The zero-order chi connectivity index (χ0) is 25.3. The number of ether oxygens (including phenoxy) is 1. The first kappa shape index (κ1) is 24.5. The highest BCUT2D eigenvalue weighted by molar-refractivity contribution is 7.89. The Hall–Kier alpha value is -3.62. The van der Waals surface area contributed by atoms with Crippen molar-refractivity contribution in [1.29, 1.82) is 0 Å². The number of benzene rings is 3. The number of fused-ring (bicyclic) bond motifs is 1. The maximum atomic E-state index is 13.7. The minimum Gasteiger partial charge on any atom is -0.464 e. The van der Waals surface area contributed by atoms with Crippen LogP contribution >= 0.6 is 11.6 Å². The molecule has 7 nitrogen and oxygen atoms in total. The first-order chi connectivity index (χ1) is 16.6. The molecular formula is C26H23ClN2O5S. The number of anilines is 1. The summed E-state index contributed by atoms with van der Waals surface area (Å²) in [6.45, 7) is 3.06. The van der Waals surface area contributed by atoms with Crippen LogP contribution in [0.3, 0.4) is 0 Å². The van der Waals surface area contributed by atoms with Gasteiger partial charge in [-0.3, -0.25) is 4.79 Å². The van der Waals surface area contributed by atoms with Crippen molar-refractivity contribution in [2.75, 3.05) is 19.0 Å². The van der Waals surface area contributed by atoms with Crippen molar-refractivity contribution in [3.05, 3.63) is 99.7 Å². The quantitative estimate of drug-likeness (QED) is 0.509. The van der Waals surface area contributed by atoms with Crippen molar-refractivity contribution < 1.29 is 22.7 Å². The van der Waals surface area contributed by atoms with Crippen LogP contribution in [0.4, 0.5) is 5.69 Å². The Morgan fingerprint density at radius 2 is 1.63 bits per heavy atom. The number of nitrogens with one attached hydrogen (secondary N) is 1. The van der Waals surface area contributed by atoms with Crippen molar-refractivity contribution in [3.63, 3.8) is 0 Å². The van der Waals surface area contributed by atoms with Crippen molar-refractivity contribution in [1.82, 2.24) is 4.31 Å². The molecule has 1 N–H and O–H groups in total. The zero-order valence-electron chi connectivity index (χ0n) is 19.3. The average molecular weight is 511 g/mol. The van der Waals surface area contributed by atoms with Crippen molar-refractivity contribution in [2.45, 2.75) is 18.7 Å². The molecule has 3 aromatic rings. The number of carbonyl (C=O) groups is 2. The molecule has 180 valence electrons. The third kappa shape index (κ3) is 4.54. The molecule has 1 aliphatic rings. The van der Waals surface area contributed by atoms with Gasteiger partial charge in [-0.25, -0.2) is 17.5 Å². The summed E-state index contributed by atoms with van der Waals surface area (Å²) >= 11 is 6.21. The lowest BCUT2D eigenvalue weighted by Crippen LogP contribution is -2.43. The lowest BCUT2D eigenvalue weighted by atomic mass is 9.95. The Morgan fingerprint density at radius 3 is 2.26 bits per heavy atom. The molecule has 1 amide bonds. The highest BCUT2D eigenvalue weighted by atomic mass is 35.5. The number of methoxy groups -OCH3 is 1.